The largest absolute Gasteiger partial charge is 0.480 e. The zero-order valence-corrected chi connectivity index (χ0v) is 10.7. The van der Waals surface area contributed by atoms with Gasteiger partial charge in [0.25, 0.3) is 0 Å². The summed E-state index contributed by atoms with van der Waals surface area (Å²) in [4.78, 5) is 22.2. The molecule has 0 fully saturated rings. The quantitative estimate of drug-likeness (QED) is 0.550. The molecule has 6 nitrogen and oxygen atoms in total. The van der Waals surface area contributed by atoms with Crippen LogP contribution in [0.4, 0.5) is 4.79 Å². The van der Waals surface area contributed by atoms with Crippen LogP contribution in [0.3, 0.4) is 0 Å². The maximum Gasteiger partial charge on any atom is 0.328 e. The number of carboxylic acid groups (broad SMARTS) is 1. The fraction of sp³-hybridized carbons (Fsp3) is 0.818. The second kappa shape index (κ2) is 7.11. The molecule has 0 saturated heterocycles. The summed E-state index contributed by atoms with van der Waals surface area (Å²) < 4.78 is 0. The van der Waals surface area contributed by atoms with Crippen molar-refractivity contribution in [3.8, 4) is 0 Å². The molecule has 0 aromatic rings. The van der Waals surface area contributed by atoms with E-state index in [4.69, 9.17) is 5.11 Å². The lowest BCUT2D eigenvalue weighted by Gasteiger charge is -2.22. The van der Waals surface area contributed by atoms with Crippen LogP contribution in [0.5, 0.6) is 0 Å². The Hall–Kier alpha value is -1.30. The van der Waals surface area contributed by atoms with E-state index in [0.29, 0.717) is 5.92 Å². The van der Waals surface area contributed by atoms with Crippen molar-refractivity contribution in [3.05, 3.63) is 0 Å². The maximum atomic E-state index is 11.5. The summed E-state index contributed by atoms with van der Waals surface area (Å²) >= 11 is 0. The minimum absolute atomic E-state index is 0.0524. The van der Waals surface area contributed by atoms with Crippen LogP contribution >= 0.6 is 0 Å². The van der Waals surface area contributed by atoms with Crippen molar-refractivity contribution in [2.24, 2.45) is 5.92 Å². The predicted molar refractivity (Wildman–Crippen MR) is 63.7 cm³/mol. The van der Waals surface area contributed by atoms with Gasteiger partial charge < -0.3 is 20.8 Å². The van der Waals surface area contributed by atoms with Crippen molar-refractivity contribution in [2.75, 3.05) is 0 Å². The Labute approximate surface area is 101 Å². The Kier molecular flexibility index (Phi) is 6.57. The summed E-state index contributed by atoms with van der Waals surface area (Å²) in [6, 6.07) is -1.92. The van der Waals surface area contributed by atoms with E-state index in [0.717, 1.165) is 6.42 Å². The molecular weight excluding hydrogens is 224 g/mol. The number of hydrogen-bond acceptors (Lipinski definition) is 3. The number of carboxylic acids is 1. The highest BCUT2D eigenvalue weighted by Gasteiger charge is 2.25. The Bertz CT molecular complexity index is 268. The van der Waals surface area contributed by atoms with E-state index in [1.54, 1.807) is 0 Å². The Morgan fingerprint density at radius 3 is 2.06 bits per heavy atom. The summed E-state index contributed by atoms with van der Waals surface area (Å²) in [7, 11) is 0. The van der Waals surface area contributed by atoms with Crippen LogP contribution in [-0.2, 0) is 4.79 Å². The Balaban J connectivity index is 4.29. The van der Waals surface area contributed by atoms with Crippen LogP contribution in [0.2, 0.25) is 0 Å². The second-order valence-electron chi connectivity index (χ2n) is 4.35. The smallest absolute Gasteiger partial charge is 0.328 e. The predicted octanol–water partition coefficient (Wildman–Crippen LogP) is 0.554. The first-order valence-corrected chi connectivity index (χ1v) is 5.77. The van der Waals surface area contributed by atoms with Crippen molar-refractivity contribution in [1.29, 1.82) is 0 Å². The molecule has 0 rings (SSSR count). The van der Waals surface area contributed by atoms with Crippen LogP contribution in [0.15, 0.2) is 0 Å². The number of hydrogen-bond donors (Lipinski definition) is 4. The van der Waals surface area contributed by atoms with Crippen molar-refractivity contribution in [3.63, 3.8) is 0 Å². The monoisotopic (exact) mass is 246 g/mol. The van der Waals surface area contributed by atoms with Crippen molar-refractivity contribution in [1.82, 2.24) is 10.6 Å². The van der Waals surface area contributed by atoms with Gasteiger partial charge in [-0.2, -0.15) is 0 Å². The molecule has 17 heavy (non-hydrogen) atoms. The third-order valence-electron chi connectivity index (χ3n) is 2.89. The minimum Gasteiger partial charge on any atom is -0.480 e. The molecule has 2 amide bonds. The molecule has 0 aromatic heterocycles. The fourth-order valence-corrected chi connectivity index (χ4v) is 1.27. The molecule has 0 spiro atoms. The van der Waals surface area contributed by atoms with E-state index in [2.05, 4.69) is 10.6 Å². The highest BCUT2D eigenvalue weighted by atomic mass is 16.4. The summed E-state index contributed by atoms with van der Waals surface area (Å²) in [5, 5.41) is 22.8. The highest BCUT2D eigenvalue weighted by Crippen LogP contribution is 2.06. The first-order valence-electron chi connectivity index (χ1n) is 5.77. The van der Waals surface area contributed by atoms with Gasteiger partial charge in [-0.25, -0.2) is 9.59 Å². The lowest BCUT2D eigenvalue weighted by molar-refractivity contribution is -0.141. The first kappa shape index (κ1) is 15.7. The summed E-state index contributed by atoms with van der Waals surface area (Å²) in [6.07, 6.45) is -0.225. The summed E-state index contributed by atoms with van der Waals surface area (Å²) in [5.41, 5.74) is 0. The van der Waals surface area contributed by atoms with Crippen molar-refractivity contribution >= 4 is 12.0 Å². The molecule has 0 radical (unpaired) electrons. The standard InChI is InChI=1S/C11H22N2O4/c1-5-6(2)7(3)12-11(17)13-9(8(4)14)10(15)16/h6-9,14H,5H2,1-4H3,(H,15,16)(H2,12,13,17). The van der Waals surface area contributed by atoms with Gasteiger partial charge in [0.05, 0.1) is 6.10 Å². The van der Waals surface area contributed by atoms with Crippen LogP contribution in [0.25, 0.3) is 0 Å². The van der Waals surface area contributed by atoms with Gasteiger partial charge >= 0.3 is 12.0 Å². The molecule has 0 aliphatic rings. The number of carbonyl (C=O) groups is 2. The Morgan fingerprint density at radius 1 is 1.18 bits per heavy atom. The topological polar surface area (TPSA) is 98.7 Å². The molecule has 0 bridgehead atoms. The third-order valence-corrected chi connectivity index (χ3v) is 2.89. The van der Waals surface area contributed by atoms with E-state index >= 15 is 0 Å². The number of urea groups is 1. The van der Waals surface area contributed by atoms with Crippen LogP contribution in [-0.4, -0.2) is 40.4 Å². The fourth-order valence-electron chi connectivity index (χ4n) is 1.27. The SMILES string of the molecule is CCC(C)C(C)NC(=O)NC(C(=O)O)C(C)O. The van der Waals surface area contributed by atoms with E-state index in [9.17, 15) is 14.7 Å². The molecule has 0 aromatic carbocycles. The normalized spacial score (nSPS) is 17.7. The van der Waals surface area contributed by atoms with E-state index < -0.39 is 24.1 Å². The first-order chi connectivity index (χ1) is 7.79. The number of aliphatic hydroxyl groups is 1. The zero-order valence-electron chi connectivity index (χ0n) is 10.7. The van der Waals surface area contributed by atoms with E-state index in [1.165, 1.54) is 6.92 Å². The van der Waals surface area contributed by atoms with Gasteiger partial charge in [-0.05, 0) is 19.8 Å². The molecule has 4 atom stereocenters. The number of amides is 2. The highest BCUT2D eigenvalue weighted by molar-refractivity contribution is 5.83. The maximum absolute atomic E-state index is 11.5. The van der Waals surface area contributed by atoms with Gasteiger partial charge in [0.1, 0.15) is 0 Å². The third kappa shape index (κ3) is 5.53. The van der Waals surface area contributed by atoms with Crippen LogP contribution in [0, 0.1) is 5.92 Å². The van der Waals surface area contributed by atoms with Gasteiger partial charge in [0.15, 0.2) is 6.04 Å². The number of carbonyl (C=O) groups excluding carboxylic acids is 1. The molecule has 4 unspecified atom stereocenters. The second-order valence-corrected chi connectivity index (χ2v) is 4.35. The summed E-state index contributed by atoms with van der Waals surface area (Å²) in [6.45, 7) is 7.17. The van der Waals surface area contributed by atoms with Crippen LogP contribution < -0.4 is 10.6 Å². The molecule has 4 N–H and O–H groups in total. The molecular formula is C11H22N2O4. The number of aliphatic hydroxyl groups excluding tert-OH is 1. The molecule has 0 heterocycles. The Morgan fingerprint density at radius 2 is 1.71 bits per heavy atom. The van der Waals surface area contributed by atoms with Crippen LogP contribution in [0.1, 0.15) is 34.1 Å². The summed E-state index contributed by atoms with van der Waals surface area (Å²) in [5.74, 6) is -0.957. The lowest BCUT2D eigenvalue weighted by atomic mass is 10.0. The van der Waals surface area contributed by atoms with Gasteiger partial charge in [-0.3, -0.25) is 0 Å². The van der Waals surface area contributed by atoms with E-state index in [-0.39, 0.29) is 6.04 Å². The van der Waals surface area contributed by atoms with Crippen molar-refractivity contribution < 1.29 is 19.8 Å². The number of nitrogens with one attached hydrogen (secondary N) is 2. The molecule has 0 aliphatic heterocycles. The van der Waals surface area contributed by atoms with Gasteiger partial charge in [-0.1, -0.05) is 20.3 Å². The lowest BCUT2D eigenvalue weighted by Crippen LogP contribution is -2.53. The zero-order chi connectivity index (χ0) is 13.6. The molecule has 0 aliphatic carbocycles. The van der Waals surface area contributed by atoms with Gasteiger partial charge in [0, 0.05) is 6.04 Å². The van der Waals surface area contributed by atoms with Crippen molar-refractivity contribution in [2.45, 2.75) is 52.3 Å². The molecule has 6 heteroatoms. The van der Waals surface area contributed by atoms with Gasteiger partial charge in [-0.15, -0.1) is 0 Å². The minimum atomic E-state index is -1.29. The molecule has 0 saturated carbocycles. The average Bonchev–Trinajstić information content (AvgIpc) is 2.23. The van der Waals surface area contributed by atoms with E-state index in [1.807, 2.05) is 20.8 Å². The molecule has 100 valence electrons. The van der Waals surface area contributed by atoms with Gasteiger partial charge in [0.2, 0.25) is 0 Å². The number of aliphatic carboxylic acids is 1. The number of rotatable bonds is 6. The average molecular weight is 246 g/mol.